The molecular weight excluding hydrogens is 384 g/mol. The molecule has 1 saturated heterocycles. The molecule has 6 heteroatoms. The minimum absolute atomic E-state index is 0.717. The van der Waals surface area contributed by atoms with Gasteiger partial charge in [0.15, 0.2) is 5.82 Å². The van der Waals surface area contributed by atoms with Gasteiger partial charge in [-0.3, -0.25) is 0 Å². The summed E-state index contributed by atoms with van der Waals surface area (Å²) in [6.45, 7) is 5.42. The fourth-order valence-electron chi connectivity index (χ4n) is 3.86. The molecule has 31 heavy (non-hydrogen) atoms. The van der Waals surface area contributed by atoms with Crippen LogP contribution < -0.4 is 9.80 Å². The van der Waals surface area contributed by atoms with Crippen molar-refractivity contribution in [3.05, 3.63) is 84.8 Å². The van der Waals surface area contributed by atoms with Crippen LogP contribution in [0.15, 0.2) is 79.0 Å². The van der Waals surface area contributed by atoms with Crippen molar-refractivity contribution in [2.45, 2.75) is 6.92 Å². The first kappa shape index (κ1) is 19.2. The molecule has 0 unspecified atom stereocenters. The zero-order valence-corrected chi connectivity index (χ0v) is 17.5. The predicted octanol–water partition coefficient (Wildman–Crippen LogP) is 4.24. The molecule has 1 aliphatic heterocycles. The molecule has 0 atom stereocenters. The number of pyridine rings is 1. The van der Waals surface area contributed by atoms with E-state index in [2.05, 4.69) is 79.3 Å². The Bertz CT molecular complexity index is 1140. The molecule has 2 aromatic heterocycles. The SMILES string of the molecule is Cc1nc(-c2ccc(-c3ccccc3)cc2)nc(N2CCN(c3ccccn3)CC2)n1. The smallest absolute Gasteiger partial charge is 0.229 e. The predicted molar refractivity (Wildman–Crippen MR) is 124 cm³/mol. The highest BCUT2D eigenvalue weighted by Gasteiger charge is 2.21. The van der Waals surface area contributed by atoms with E-state index < -0.39 is 0 Å². The van der Waals surface area contributed by atoms with Gasteiger partial charge in [-0.1, -0.05) is 60.7 Å². The highest BCUT2D eigenvalue weighted by atomic mass is 15.3. The van der Waals surface area contributed by atoms with Gasteiger partial charge < -0.3 is 9.80 Å². The first-order valence-electron chi connectivity index (χ1n) is 10.6. The number of piperazine rings is 1. The molecule has 0 aliphatic carbocycles. The number of benzene rings is 2. The third-order valence-corrected chi connectivity index (χ3v) is 5.52. The Kier molecular flexibility index (Phi) is 5.27. The van der Waals surface area contributed by atoms with Crippen molar-refractivity contribution in [2.24, 2.45) is 0 Å². The van der Waals surface area contributed by atoms with Crippen LogP contribution in [0.25, 0.3) is 22.5 Å². The van der Waals surface area contributed by atoms with Crippen LogP contribution in [0.5, 0.6) is 0 Å². The number of aryl methyl sites for hydroxylation is 1. The highest BCUT2D eigenvalue weighted by Crippen LogP contribution is 2.24. The lowest BCUT2D eigenvalue weighted by atomic mass is 10.0. The maximum Gasteiger partial charge on any atom is 0.229 e. The van der Waals surface area contributed by atoms with Crippen molar-refractivity contribution in [3.63, 3.8) is 0 Å². The number of hydrogen-bond acceptors (Lipinski definition) is 6. The minimum Gasteiger partial charge on any atom is -0.353 e. The van der Waals surface area contributed by atoms with Crippen molar-refractivity contribution in [2.75, 3.05) is 36.0 Å². The number of anilines is 2. The quantitative estimate of drug-likeness (QED) is 0.504. The fraction of sp³-hybridized carbons (Fsp3) is 0.200. The summed E-state index contributed by atoms with van der Waals surface area (Å²) in [5.74, 6) is 3.22. The summed E-state index contributed by atoms with van der Waals surface area (Å²) < 4.78 is 0. The lowest BCUT2D eigenvalue weighted by molar-refractivity contribution is 0.632. The van der Waals surface area contributed by atoms with Gasteiger partial charge in [-0.05, 0) is 30.2 Å². The second kappa shape index (κ2) is 8.52. The lowest BCUT2D eigenvalue weighted by Crippen LogP contribution is -2.47. The zero-order chi connectivity index (χ0) is 21.0. The van der Waals surface area contributed by atoms with Gasteiger partial charge in [-0.2, -0.15) is 9.97 Å². The van der Waals surface area contributed by atoms with Crippen LogP contribution in [0.2, 0.25) is 0 Å². The van der Waals surface area contributed by atoms with Crippen LogP contribution in [0.1, 0.15) is 5.82 Å². The Hall–Kier alpha value is -3.80. The zero-order valence-electron chi connectivity index (χ0n) is 17.5. The highest BCUT2D eigenvalue weighted by molar-refractivity contribution is 5.67. The van der Waals surface area contributed by atoms with E-state index in [9.17, 15) is 0 Å². The van der Waals surface area contributed by atoms with E-state index in [4.69, 9.17) is 4.98 Å². The van der Waals surface area contributed by atoms with Gasteiger partial charge in [0.2, 0.25) is 5.95 Å². The van der Waals surface area contributed by atoms with E-state index in [1.807, 2.05) is 31.3 Å². The Morgan fingerprint density at radius 3 is 1.97 bits per heavy atom. The molecule has 154 valence electrons. The molecule has 0 spiro atoms. The van der Waals surface area contributed by atoms with E-state index >= 15 is 0 Å². The summed E-state index contributed by atoms with van der Waals surface area (Å²) in [4.78, 5) is 23.0. The maximum absolute atomic E-state index is 4.80. The second-order valence-electron chi connectivity index (χ2n) is 7.61. The molecule has 1 fully saturated rings. The van der Waals surface area contributed by atoms with Crippen LogP contribution in [0.3, 0.4) is 0 Å². The first-order chi connectivity index (χ1) is 15.3. The first-order valence-corrected chi connectivity index (χ1v) is 10.6. The van der Waals surface area contributed by atoms with E-state index in [-0.39, 0.29) is 0 Å². The molecule has 4 aromatic rings. The van der Waals surface area contributed by atoms with Crippen LogP contribution in [-0.4, -0.2) is 46.1 Å². The number of rotatable bonds is 4. The summed E-state index contributed by atoms with van der Waals surface area (Å²) in [6, 6.07) is 24.8. The van der Waals surface area contributed by atoms with Gasteiger partial charge in [-0.15, -0.1) is 0 Å². The van der Waals surface area contributed by atoms with Crippen LogP contribution in [-0.2, 0) is 0 Å². The molecule has 0 N–H and O–H groups in total. The van der Waals surface area contributed by atoms with Gasteiger partial charge in [0.1, 0.15) is 11.6 Å². The van der Waals surface area contributed by atoms with Gasteiger partial charge in [-0.25, -0.2) is 9.97 Å². The van der Waals surface area contributed by atoms with Gasteiger partial charge in [0.25, 0.3) is 0 Å². The third-order valence-electron chi connectivity index (χ3n) is 5.52. The number of hydrogen-bond donors (Lipinski definition) is 0. The summed E-state index contributed by atoms with van der Waals surface area (Å²) in [5, 5.41) is 0. The molecule has 0 bridgehead atoms. The molecule has 3 heterocycles. The van der Waals surface area contributed by atoms with E-state index in [0.717, 1.165) is 49.3 Å². The topological polar surface area (TPSA) is 58.0 Å². The van der Waals surface area contributed by atoms with Crippen LogP contribution in [0.4, 0.5) is 11.8 Å². The Morgan fingerprint density at radius 1 is 0.613 bits per heavy atom. The minimum atomic E-state index is 0.717. The molecule has 5 rings (SSSR count). The Labute approximate surface area is 182 Å². The summed E-state index contributed by atoms with van der Waals surface area (Å²) >= 11 is 0. The van der Waals surface area contributed by atoms with Gasteiger partial charge in [0, 0.05) is 37.9 Å². The summed E-state index contributed by atoms with van der Waals surface area (Å²) in [7, 11) is 0. The largest absolute Gasteiger partial charge is 0.353 e. The molecule has 0 radical (unpaired) electrons. The van der Waals surface area contributed by atoms with Crippen molar-refractivity contribution >= 4 is 11.8 Å². The molecular formula is C25H24N6. The standard InChI is InChI=1S/C25H24N6/c1-19-27-24(22-12-10-21(11-13-22)20-7-3-2-4-8-20)29-25(28-19)31-17-15-30(16-18-31)23-9-5-6-14-26-23/h2-14H,15-18H2,1H3. The van der Waals surface area contributed by atoms with E-state index in [1.165, 1.54) is 11.1 Å². The Balaban J connectivity index is 1.34. The lowest BCUT2D eigenvalue weighted by Gasteiger charge is -2.35. The molecule has 2 aromatic carbocycles. The normalized spacial score (nSPS) is 14.0. The van der Waals surface area contributed by atoms with E-state index in [0.29, 0.717) is 5.82 Å². The monoisotopic (exact) mass is 408 g/mol. The molecule has 6 nitrogen and oxygen atoms in total. The van der Waals surface area contributed by atoms with Gasteiger partial charge >= 0.3 is 0 Å². The number of aromatic nitrogens is 4. The second-order valence-corrected chi connectivity index (χ2v) is 7.61. The third kappa shape index (κ3) is 4.23. The van der Waals surface area contributed by atoms with Gasteiger partial charge in [0.05, 0.1) is 0 Å². The van der Waals surface area contributed by atoms with Crippen molar-refractivity contribution in [1.82, 2.24) is 19.9 Å². The van der Waals surface area contributed by atoms with Crippen molar-refractivity contribution in [3.8, 4) is 22.5 Å². The van der Waals surface area contributed by atoms with Crippen molar-refractivity contribution < 1.29 is 0 Å². The summed E-state index contributed by atoms with van der Waals surface area (Å²) in [6.07, 6.45) is 1.84. The van der Waals surface area contributed by atoms with Crippen molar-refractivity contribution in [1.29, 1.82) is 0 Å². The average Bonchev–Trinajstić information content (AvgIpc) is 2.85. The van der Waals surface area contributed by atoms with E-state index in [1.54, 1.807) is 0 Å². The molecule has 1 aliphatic rings. The molecule has 0 amide bonds. The average molecular weight is 409 g/mol. The van der Waals surface area contributed by atoms with Crippen LogP contribution >= 0.6 is 0 Å². The number of nitrogens with zero attached hydrogens (tertiary/aromatic N) is 6. The van der Waals surface area contributed by atoms with Crippen LogP contribution in [0, 0.1) is 6.92 Å². The summed E-state index contributed by atoms with van der Waals surface area (Å²) in [5.41, 5.74) is 3.38. The Morgan fingerprint density at radius 2 is 1.26 bits per heavy atom. The maximum atomic E-state index is 4.80. The molecule has 0 saturated carbocycles. The fourth-order valence-corrected chi connectivity index (χ4v) is 3.86.